The van der Waals surface area contributed by atoms with E-state index in [-0.39, 0.29) is 5.75 Å². The van der Waals surface area contributed by atoms with Crippen LogP contribution in [-0.2, 0) is 10.0 Å². The van der Waals surface area contributed by atoms with Crippen LogP contribution in [0.3, 0.4) is 0 Å². The Morgan fingerprint density at radius 3 is 2.53 bits per heavy atom. The minimum Gasteiger partial charge on any atom is -0.444 e. The summed E-state index contributed by atoms with van der Waals surface area (Å²) in [5, 5.41) is 0. The van der Waals surface area contributed by atoms with E-state index >= 15 is 0 Å². The van der Waals surface area contributed by atoms with E-state index in [0.717, 1.165) is 5.56 Å². The maximum atomic E-state index is 11.3. The van der Waals surface area contributed by atoms with E-state index in [1.54, 1.807) is 37.4 Å². The Hall–Kier alpha value is -1.82. The number of rotatable bonds is 4. The zero-order chi connectivity index (χ0) is 12.3. The maximum absolute atomic E-state index is 11.3. The maximum Gasteiger partial charge on any atom is 0.232 e. The van der Waals surface area contributed by atoms with Gasteiger partial charge in [0.1, 0.15) is 0 Å². The summed E-state index contributed by atoms with van der Waals surface area (Å²) < 4.78 is 30.3. The third kappa shape index (κ3) is 2.85. The lowest BCUT2D eigenvalue weighted by atomic mass is 10.2. The predicted octanol–water partition coefficient (Wildman–Crippen LogP) is 2.10. The molecule has 2 aromatic rings. The zero-order valence-corrected chi connectivity index (χ0v) is 10.1. The normalized spacial score (nSPS) is 11.4. The standard InChI is InChI=1S/C11H12N2O3S/c1-2-17(14,15)13-10-5-3-9(4-6-10)11-7-12-8-16-11/h3-8,13H,2H2,1H3. The Morgan fingerprint density at radius 2 is 2.00 bits per heavy atom. The molecule has 0 bridgehead atoms. The number of nitrogens with zero attached hydrogens (tertiary/aromatic N) is 1. The summed E-state index contributed by atoms with van der Waals surface area (Å²) in [5.41, 5.74) is 1.39. The predicted molar refractivity (Wildman–Crippen MR) is 65.0 cm³/mol. The molecular weight excluding hydrogens is 240 g/mol. The highest BCUT2D eigenvalue weighted by Crippen LogP contribution is 2.21. The monoisotopic (exact) mass is 252 g/mol. The van der Waals surface area contributed by atoms with Gasteiger partial charge in [-0.2, -0.15) is 0 Å². The van der Waals surface area contributed by atoms with E-state index in [1.807, 2.05) is 0 Å². The average Bonchev–Trinajstić information content (AvgIpc) is 2.83. The van der Waals surface area contributed by atoms with Gasteiger partial charge in [-0.1, -0.05) is 0 Å². The largest absolute Gasteiger partial charge is 0.444 e. The van der Waals surface area contributed by atoms with Crippen molar-refractivity contribution in [1.29, 1.82) is 0 Å². The molecule has 17 heavy (non-hydrogen) atoms. The van der Waals surface area contributed by atoms with Crippen molar-refractivity contribution in [3.05, 3.63) is 36.9 Å². The molecule has 90 valence electrons. The van der Waals surface area contributed by atoms with Gasteiger partial charge < -0.3 is 4.42 Å². The Morgan fingerprint density at radius 1 is 1.29 bits per heavy atom. The van der Waals surface area contributed by atoms with E-state index in [1.165, 1.54) is 6.39 Å². The fraction of sp³-hybridized carbons (Fsp3) is 0.182. The van der Waals surface area contributed by atoms with Gasteiger partial charge in [0.2, 0.25) is 10.0 Å². The van der Waals surface area contributed by atoms with Crippen LogP contribution in [0.25, 0.3) is 11.3 Å². The molecule has 5 nitrogen and oxygen atoms in total. The molecule has 0 spiro atoms. The van der Waals surface area contributed by atoms with Crippen LogP contribution < -0.4 is 4.72 Å². The second-order valence-electron chi connectivity index (χ2n) is 3.45. The molecule has 1 heterocycles. The summed E-state index contributed by atoms with van der Waals surface area (Å²) in [7, 11) is -3.22. The van der Waals surface area contributed by atoms with Gasteiger partial charge in [-0.25, -0.2) is 13.4 Å². The summed E-state index contributed by atoms with van der Waals surface area (Å²) in [6.07, 6.45) is 2.95. The summed E-state index contributed by atoms with van der Waals surface area (Å²) in [5.74, 6) is 0.700. The van der Waals surface area contributed by atoms with Crippen molar-refractivity contribution >= 4 is 15.7 Å². The number of nitrogens with one attached hydrogen (secondary N) is 1. The van der Waals surface area contributed by atoms with E-state index in [9.17, 15) is 8.42 Å². The number of hydrogen-bond donors (Lipinski definition) is 1. The molecule has 1 N–H and O–H groups in total. The van der Waals surface area contributed by atoms with Crippen molar-refractivity contribution in [2.75, 3.05) is 10.5 Å². The first kappa shape index (κ1) is 11.7. The highest BCUT2D eigenvalue weighted by molar-refractivity contribution is 7.92. The van der Waals surface area contributed by atoms with Crippen molar-refractivity contribution < 1.29 is 12.8 Å². The van der Waals surface area contributed by atoms with Crippen LogP contribution in [0.15, 0.2) is 41.3 Å². The Labute approximate surface area is 99.5 Å². The number of aromatic nitrogens is 1. The minimum absolute atomic E-state index is 0.0524. The lowest BCUT2D eigenvalue weighted by Gasteiger charge is -2.05. The van der Waals surface area contributed by atoms with Crippen molar-refractivity contribution in [2.24, 2.45) is 0 Å². The van der Waals surface area contributed by atoms with Gasteiger partial charge in [0, 0.05) is 11.3 Å². The molecule has 0 saturated carbocycles. The molecule has 0 aliphatic heterocycles. The van der Waals surface area contributed by atoms with Gasteiger partial charge in [0.15, 0.2) is 12.2 Å². The number of anilines is 1. The van der Waals surface area contributed by atoms with Crippen LogP contribution in [0, 0.1) is 0 Å². The van der Waals surface area contributed by atoms with Gasteiger partial charge in [-0.3, -0.25) is 4.72 Å². The summed E-state index contributed by atoms with van der Waals surface area (Å²) in [6, 6.07) is 6.91. The van der Waals surface area contributed by atoms with Crippen molar-refractivity contribution in [1.82, 2.24) is 4.98 Å². The molecule has 0 atom stereocenters. The molecule has 2 rings (SSSR count). The van der Waals surface area contributed by atoms with Gasteiger partial charge in [0.05, 0.1) is 11.9 Å². The van der Waals surface area contributed by atoms with Crippen LogP contribution in [0.4, 0.5) is 5.69 Å². The zero-order valence-electron chi connectivity index (χ0n) is 9.25. The minimum atomic E-state index is -3.22. The molecule has 0 amide bonds. The Balaban J connectivity index is 2.19. The van der Waals surface area contributed by atoms with Crippen LogP contribution in [0.2, 0.25) is 0 Å². The van der Waals surface area contributed by atoms with E-state index in [2.05, 4.69) is 9.71 Å². The number of benzene rings is 1. The Kier molecular flexibility index (Phi) is 3.14. The third-order valence-corrected chi connectivity index (χ3v) is 3.56. The first-order valence-corrected chi connectivity index (χ1v) is 6.75. The van der Waals surface area contributed by atoms with Gasteiger partial charge in [0.25, 0.3) is 0 Å². The third-order valence-electron chi connectivity index (χ3n) is 2.26. The van der Waals surface area contributed by atoms with Crippen molar-refractivity contribution in [3.63, 3.8) is 0 Å². The van der Waals surface area contributed by atoms with Crippen LogP contribution in [-0.4, -0.2) is 19.2 Å². The molecule has 6 heteroatoms. The van der Waals surface area contributed by atoms with Crippen LogP contribution in [0.1, 0.15) is 6.92 Å². The lowest BCUT2D eigenvalue weighted by molar-refractivity contribution is 0.572. The molecule has 1 aromatic heterocycles. The second-order valence-corrected chi connectivity index (χ2v) is 5.46. The highest BCUT2D eigenvalue weighted by atomic mass is 32.2. The first-order valence-electron chi connectivity index (χ1n) is 5.10. The number of sulfonamides is 1. The molecule has 0 aliphatic carbocycles. The molecule has 0 saturated heterocycles. The van der Waals surface area contributed by atoms with E-state index in [0.29, 0.717) is 11.4 Å². The second kappa shape index (κ2) is 4.58. The molecule has 0 radical (unpaired) electrons. The topological polar surface area (TPSA) is 72.2 Å². The van der Waals surface area contributed by atoms with Crippen molar-refractivity contribution in [2.45, 2.75) is 6.92 Å². The molecule has 0 unspecified atom stereocenters. The smallest absolute Gasteiger partial charge is 0.232 e. The van der Waals surface area contributed by atoms with Crippen molar-refractivity contribution in [3.8, 4) is 11.3 Å². The molecule has 1 aromatic carbocycles. The first-order chi connectivity index (χ1) is 8.11. The number of hydrogen-bond acceptors (Lipinski definition) is 4. The van der Waals surface area contributed by atoms with Crippen LogP contribution in [0.5, 0.6) is 0 Å². The summed E-state index contributed by atoms with van der Waals surface area (Å²) >= 11 is 0. The Bertz CT molecular complexity index is 574. The van der Waals surface area contributed by atoms with Gasteiger partial charge in [-0.05, 0) is 31.2 Å². The fourth-order valence-electron chi connectivity index (χ4n) is 1.31. The average molecular weight is 252 g/mol. The van der Waals surface area contributed by atoms with Gasteiger partial charge in [-0.15, -0.1) is 0 Å². The molecular formula is C11H12N2O3S. The lowest BCUT2D eigenvalue weighted by Crippen LogP contribution is -2.14. The molecule has 0 aliphatic rings. The summed E-state index contributed by atoms with van der Waals surface area (Å²) in [6.45, 7) is 1.59. The SMILES string of the molecule is CCS(=O)(=O)Nc1ccc(-c2cnco2)cc1. The highest BCUT2D eigenvalue weighted by Gasteiger charge is 2.07. The van der Waals surface area contributed by atoms with Gasteiger partial charge >= 0.3 is 0 Å². The van der Waals surface area contributed by atoms with E-state index in [4.69, 9.17) is 4.42 Å². The molecule has 0 fully saturated rings. The fourth-order valence-corrected chi connectivity index (χ4v) is 1.95. The number of oxazole rings is 1. The summed E-state index contributed by atoms with van der Waals surface area (Å²) in [4.78, 5) is 3.82. The quantitative estimate of drug-likeness (QED) is 0.904. The van der Waals surface area contributed by atoms with E-state index < -0.39 is 10.0 Å². The van der Waals surface area contributed by atoms with Crippen LogP contribution >= 0.6 is 0 Å².